The molecule has 7 heteroatoms. The molecule has 3 heterocycles. The summed E-state index contributed by atoms with van der Waals surface area (Å²) in [6.07, 6.45) is 0. The molecule has 0 amide bonds. The van der Waals surface area contributed by atoms with Crippen molar-refractivity contribution < 1.29 is 9.47 Å². The van der Waals surface area contributed by atoms with Crippen LogP contribution < -0.4 is 10.2 Å². The fourth-order valence-electron chi connectivity index (χ4n) is 1.99. The molecule has 2 aliphatic rings. The molecule has 0 spiro atoms. The topological polar surface area (TPSA) is 62.4 Å². The first-order valence-electron chi connectivity index (χ1n) is 6.09. The molecule has 0 radical (unpaired) electrons. The first kappa shape index (κ1) is 11.9. The zero-order valence-corrected chi connectivity index (χ0v) is 10.8. The number of aromatic amines is 1. The van der Waals surface area contributed by atoms with Gasteiger partial charge in [0, 0.05) is 19.2 Å². The van der Waals surface area contributed by atoms with Crippen LogP contribution in [0.2, 0.25) is 0 Å². The summed E-state index contributed by atoms with van der Waals surface area (Å²) in [5.74, 6) is 1.72. The average molecular weight is 268 g/mol. The minimum atomic E-state index is 0.371. The van der Waals surface area contributed by atoms with E-state index in [0.29, 0.717) is 10.7 Å². The molecule has 0 unspecified atom stereocenters. The van der Waals surface area contributed by atoms with E-state index in [4.69, 9.17) is 21.7 Å². The van der Waals surface area contributed by atoms with Crippen LogP contribution in [-0.4, -0.2) is 55.5 Å². The van der Waals surface area contributed by atoms with E-state index < -0.39 is 0 Å². The lowest BCUT2D eigenvalue weighted by atomic mass is 10.2. The van der Waals surface area contributed by atoms with Crippen LogP contribution in [0.15, 0.2) is 6.07 Å². The zero-order chi connectivity index (χ0) is 12.4. The number of ether oxygens (including phenoxy) is 2. The summed E-state index contributed by atoms with van der Waals surface area (Å²) in [5, 5.41) is 3.35. The van der Waals surface area contributed by atoms with Crippen molar-refractivity contribution in [2.24, 2.45) is 0 Å². The third kappa shape index (κ3) is 2.63. The highest BCUT2D eigenvalue weighted by atomic mass is 32.1. The Kier molecular flexibility index (Phi) is 3.44. The van der Waals surface area contributed by atoms with Gasteiger partial charge in [0.1, 0.15) is 10.5 Å². The summed E-state index contributed by atoms with van der Waals surface area (Å²) in [7, 11) is 0. The number of hydrogen-bond donors (Lipinski definition) is 2. The van der Waals surface area contributed by atoms with Gasteiger partial charge in [0.05, 0.1) is 32.5 Å². The molecule has 3 rings (SSSR count). The van der Waals surface area contributed by atoms with Crippen molar-refractivity contribution in [1.82, 2.24) is 9.97 Å². The molecule has 0 bridgehead atoms. The van der Waals surface area contributed by atoms with E-state index in [9.17, 15) is 0 Å². The summed E-state index contributed by atoms with van der Waals surface area (Å²) in [6, 6.07) is 2.22. The molecule has 6 nitrogen and oxygen atoms in total. The largest absolute Gasteiger partial charge is 0.378 e. The lowest BCUT2D eigenvalue weighted by Crippen LogP contribution is -2.41. The zero-order valence-electron chi connectivity index (χ0n) is 10.0. The second kappa shape index (κ2) is 5.21. The van der Waals surface area contributed by atoms with Gasteiger partial charge >= 0.3 is 0 Å². The summed E-state index contributed by atoms with van der Waals surface area (Å²) in [4.78, 5) is 9.80. The van der Waals surface area contributed by atoms with Crippen molar-refractivity contribution in [2.45, 2.75) is 6.04 Å². The van der Waals surface area contributed by atoms with E-state index in [1.54, 1.807) is 0 Å². The Hall–Kier alpha value is -1.18. The van der Waals surface area contributed by atoms with E-state index in [-0.39, 0.29) is 0 Å². The summed E-state index contributed by atoms with van der Waals surface area (Å²) in [5.41, 5.74) is 0. The average Bonchev–Trinajstić information content (AvgIpc) is 2.34. The maximum atomic E-state index is 5.33. The highest BCUT2D eigenvalue weighted by Crippen LogP contribution is 2.15. The smallest absolute Gasteiger partial charge is 0.205 e. The fourth-order valence-corrected chi connectivity index (χ4v) is 2.19. The Labute approximate surface area is 110 Å². The van der Waals surface area contributed by atoms with Gasteiger partial charge in [-0.3, -0.25) is 0 Å². The van der Waals surface area contributed by atoms with Gasteiger partial charge in [-0.05, 0) is 0 Å². The molecule has 0 aromatic carbocycles. The summed E-state index contributed by atoms with van der Waals surface area (Å²) >= 11 is 5.20. The van der Waals surface area contributed by atoms with Gasteiger partial charge in [-0.25, -0.2) is 4.98 Å². The van der Waals surface area contributed by atoms with Gasteiger partial charge in [-0.2, -0.15) is 0 Å². The third-order valence-corrected chi connectivity index (χ3v) is 3.25. The molecule has 1 aromatic rings. The first-order valence-corrected chi connectivity index (χ1v) is 6.50. The van der Waals surface area contributed by atoms with E-state index in [1.807, 2.05) is 6.07 Å². The van der Waals surface area contributed by atoms with Crippen LogP contribution in [0, 0.1) is 4.64 Å². The SMILES string of the molecule is S=c1cc(NC2COC2)[nH]c(N2CCOCC2)n1. The highest BCUT2D eigenvalue weighted by molar-refractivity contribution is 7.71. The maximum Gasteiger partial charge on any atom is 0.205 e. The molecule has 1 aromatic heterocycles. The second-order valence-corrected chi connectivity index (χ2v) is 4.85. The normalized spacial score (nSPS) is 20.6. The number of nitrogens with one attached hydrogen (secondary N) is 2. The molecular weight excluding hydrogens is 252 g/mol. The van der Waals surface area contributed by atoms with Gasteiger partial charge in [0.15, 0.2) is 0 Å². The highest BCUT2D eigenvalue weighted by Gasteiger charge is 2.19. The monoisotopic (exact) mass is 268 g/mol. The van der Waals surface area contributed by atoms with Crippen LogP contribution in [-0.2, 0) is 9.47 Å². The molecule has 18 heavy (non-hydrogen) atoms. The Balaban J connectivity index is 1.78. The van der Waals surface area contributed by atoms with Crippen LogP contribution in [0.3, 0.4) is 0 Å². The van der Waals surface area contributed by atoms with Crippen LogP contribution in [0.25, 0.3) is 0 Å². The van der Waals surface area contributed by atoms with Crippen molar-refractivity contribution in [2.75, 3.05) is 49.7 Å². The lowest BCUT2D eigenvalue weighted by Gasteiger charge is -2.30. The first-order chi connectivity index (χ1) is 8.81. The fraction of sp³-hybridized carbons (Fsp3) is 0.636. The van der Waals surface area contributed by atoms with E-state index in [0.717, 1.165) is 51.3 Å². The van der Waals surface area contributed by atoms with Gasteiger partial charge in [-0.15, -0.1) is 0 Å². The lowest BCUT2D eigenvalue weighted by molar-refractivity contribution is 0.0209. The predicted molar refractivity (Wildman–Crippen MR) is 70.7 cm³/mol. The van der Waals surface area contributed by atoms with Gasteiger partial charge in [0.2, 0.25) is 5.95 Å². The van der Waals surface area contributed by atoms with Crippen molar-refractivity contribution in [3.63, 3.8) is 0 Å². The minimum Gasteiger partial charge on any atom is -0.378 e. The summed E-state index contributed by atoms with van der Waals surface area (Å²) < 4.78 is 11.1. The predicted octanol–water partition coefficient (Wildman–Crippen LogP) is 0.786. The Morgan fingerprint density at radius 3 is 2.78 bits per heavy atom. The maximum absolute atomic E-state index is 5.33. The third-order valence-electron chi connectivity index (χ3n) is 3.04. The molecule has 2 saturated heterocycles. The number of anilines is 2. The number of H-pyrrole nitrogens is 1. The Morgan fingerprint density at radius 2 is 2.11 bits per heavy atom. The molecular formula is C11H16N4O2S. The molecule has 98 valence electrons. The van der Waals surface area contributed by atoms with Crippen molar-refractivity contribution in [3.8, 4) is 0 Å². The Bertz CT molecular complexity index is 468. The van der Waals surface area contributed by atoms with Crippen LogP contribution >= 0.6 is 12.2 Å². The van der Waals surface area contributed by atoms with Crippen LogP contribution in [0.5, 0.6) is 0 Å². The minimum absolute atomic E-state index is 0.371. The molecule has 2 N–H and O–H groups in total. The van der Waals surface area contributed by atoms with E-state index in [2.05, 4.69) is 20.2 Å². The van der Waals surface area contributed by atoms with E-state index >= 15 is 0 Å². The van der Waals surface area contributed by atoms with Crippen molar-refractivity contribution in [3.05, 3.63) is 10.7 Å². The number of aromatic nitrogens is 2. The number of nitrogens with zero attached hydrogens (tertiary/aromatic N) is 2. The van der Waals surface area contributed by atoms with Crippen molar-refractivity contribution in [1.29, 1.82) is 0 Å². The molecule has 0 atom stereocenters. The van der Waals surface area contributed by atoms with Crippen molar-refractivity contribution >= 4 is 24.0 Å². The number of rotatable bonds is 3. The number of hydrogen-bond acceptors (Lipinski definition) is 6. The second-order valence-electron chi connectivity index (χ2n) is 4.43. The Morgan fingerprint density at radius 1 is 1.33 bits per heavy atom. The summed E-state index contributed by atoms with van der Waals surface area (Å²) in [6.45, 7) is 4.64. The molecule has 2 fully saturated rings. The van der Waals surface area contributed by atoms with Gasteiger partial charge < -0.3 is 24.7 Å². The molecule has 0 aliphatic carbocycles. The van der Waals surface area contributed by atoms with Gasteiger partial charge in [0.25, 0.3) is 0 Å². The molecule has 0 saturated carbocycles. The molecule has 2 aliphatic heterocycles. The van der Waals surface area contributed by atoms with E-state index in [1.165, 1.54) is 0 Å². The van der Waals surface area contributed by atoms with Crippen LogP contribution in [0.4, 0.5) is 11.8 Å². The van der Waals surface area contributed by atoms with Gasteiger partial charge in [-0.1, -0.05) is 12.2 Å². The van der Waals surface area contributed by atoms with Crippen LogP contribution in [0.1, 0.15) is 0 Å². The number of morpholine rings is 1. The standard InChI is InChI=1S/C11H16N4O2S/c18-10-5-9(12-8-6-17-7-8)13-11(14-10)15-1-3-16-4-2-15/h5,8H,1-4,6-7H2,(H2,12,13,14,18). The quantitative estimate of drug-likeness (QED) is 0.790.